The summed E-state index contributed by atoms with van der Waals surface area (Å²) in [6.45, 7) is 0. The van der Waals surface area contributed by atoms with Gasteiger partial charge in [0.2, 0.25) is 0 Å². The van der Waals surface area contributed by atoms with Crippen molar-refractivity contribution in [1.29, 1.82) is 0 Å². The Morgan fingerprint density at radius 3 is 2.64 bits per heavy atom. The lowest BCUT2D eigenvalue weighted by atomic mass is 10.3. The molecule has 0 saturated heterocycles. The maximum atomic E-state index is 11.4. The van der Waals surface area contributed by atoms with Gasteiger partial charge in [0.15, 0.2) is 5.60 Å². The molecule has 1 aliphatic carbocycles. The van der Waals surface area contributed by atoms with Gasteiger partial charge in [0.05, 0.1) is 0 Å². The second-order valence-corrected chi connectivity index (χ2v) is 3.20. The van der Waals surface area contributed by atoms with Crippen LogP contribution in [0, 0.1) is 0 Å². The molecule has 0 aliphatic heterocycles. The first kappa shape index (κ1) is 8.74. The highest BCUT2D eigenvalue weighted by Gasteiger charge is 2.53. The van der Waals surface area contributed by atoms with E-state index in [4.69, 9.17) is 10.5 Å². The average Bonchev–Trinajstić information content (AvgIpc) is 2.74. The maximum Gasteiger partial charge on any atom is 0.420 e. The summed E-state index contributed by atoms with van der Waals surface area (Å²) in [6.07, 6.45) is 4.58. The molecule has 1 aliphatic rings. The summed E-state index contributed by atoms with van der Waals surface area (Å²) in [5.41, 5.74) is 4.03. The van der Waals surface area contributed by atoms with Gasteiger partial charge in [-0.2, -0.15) is 0 Å². The van der Waals surface area contributed by atoms with E-state index in [0.29, 0.717) is 12.8 Å². The fourth-order valence-corrected chi connectivity index (χ4v) is 1.10. The van der Waals surface area contributed by atoms with Gasteiger partial charge >= 0.3 is 6.09 Å². The lowest BCUT2D eigenvalue weighted by Crippen LogP contribution is -2.36. The molecule has 6 nitrogen and oxygen atoms in total. The van der Waals surface area contributed by atoms with E-state index in [2.05, 4.69) is 4.98 Å². The zero-order chi connectivity index (χ0) is 10.2. The summed E-state index contributed by atoms with van der Waals surface area (Å²) >= 11 is 0. The van der Waals surface area contributed by atoms with Crippen LogP contribution in [0.25, 0.3) is 0 Å². The molecule has 14 heavy (non-hydrogen) atoms. The van der Waals surface area contributed by atoms with Gasteiger partial charge < -0.3 is 10.5 Å². The molecule has 1 heterocycles. The van der Waals surface area contributed by atoms with Crippen LogP contribution in [-0.4, -0.2) is 27.2 Å². The van der Waals surface area contributed by atoms with E-state index in [1.165, 1.54) is 18.7 Å². The lowest BCUT2D eigenvalue weighted by molar-refractivity contribution is -0.128. The van der Waals surface area contributed by atoms with Crippen LogP contribution in [0.15, 0.2) is 18.7 Å². The molecule has 0 unspecified atom stereocenters. The molecule has 6 heteroatoms. The van der Waals surface area contributed by atoms with Crippen molar-refractivity contribution >= 4 is 12.0 Å². The zero-order valence-corrected chi connectivity index (χ0v) is 7.34. The first-order valence-corrected chi connectivity index (χ1v) is 4.15. The van der Waals surface area contributed by atoms with Crippen LogP contribution in [-0.2, 0) is 9.53 Å². The fraction of sp³-hybridized carbons (Fsp3) is 0.375. The van der Waals surface area contributed by atoms with E-state index >= 15 is 0 Å². The van der Waals surface area contributed by atoms with Crippen molar-refractivity contribution in [3.8, 4) is 0 Å². The Morgan fingerprint density at radius 1 is 1.50 bits per heavy atom. The van der Waals surface area contributed by atoms with E-state index in [1.54, 1.807) is 0 Å². The summed E-state index contributed by atoms with van der Waals surface area (Å²) < 4.78 is 6.12. The Morgan fingerprint density at radius 2 is 2.21 bits per heavy atom. The Hall–Kier alpha value is -1.85. The molecular weight excluding hydrogens is 186 g/mol. The van der Waals surface area contributed by atoms with Gasteiger partial charge in [-0.25, -0.2) is 14.3 Å². The van der Waals surface area contributed by atoms with Crippen LogP contribution in [0.3, 0.4) is 0 Å². The van der Waals surface area contributed by atoms with E-state index in [1.807, 2.05) is 0 Å². The predicted octanol–water partition coefficient (Wildman–Crippen LogP) is -0.114. The SMILES string of the molecule is NC(=O)C1(OC(=O)n2ccnc2)CC1. The van der Waals surface area contributed by atoms with Crippen molar-refractivity contribution in [2.45, 2.75) is 18.4 Å². The van der Waals surface area contributed by atoms with Crippen LogP contribution in [0.5, 0.6) is 0 Å². The molecule has 0 radical (unpaired) electrons. The second-order valence-electron chi connectivity index (χ2n) is 3.20. The highest BCUT2D eigenvalue weighted by atomic mass is 16.6. The summed E-state index contributed by atoms with van der Waals surface area (Å²) in [5, 5.41) is 0. The topological polar surface area (TPSA) is 87.2 Å². The quantitative estimate of drug-likeness (QED) is 0.712. The molecular formula is C8H9N3O3. The standard InChI is InChI=1S/C8H9N3O3/c9-6(12)8(1-2-8)14-7(13)11-4-3-10-5-11/h3-5H,1-2H2,(H2,9,12). The molecule has 74 valence electrons. The zero-order valence-electron chi connectivity index (χ0n) is 7.34. The number of rotatable bonds is 2. The minimum atomic E-state index is -1.07. The molecule has 0 atom stereocenters. The normalized spacial score (nSPS) is 17.4. The largest absolute Gasteiger partial charge is 0.432 e. The fourth-order valence-electron chi connectivity index (χ4n) is 1.10. The van der Waals surface area contributed by atoms with Gasteiger partial charge in [-0.3, -0.25) is 4.79 Å². The van der Waals surface area contributed by atoms with Crippen LogP contribution in [0.1, 0.15) is 12.8 Å². The number of primary amides is 1. The summed E-state index contributed by atoms with van der Waals surface area (Å²) in [7, 11) is 0. The molecule has 1 fully saturated rings. The number of hydrogen-bond acceptors (Lipinski definition) is 4. The van der Waals surface area contributed by atoms with Gasteiger partial charge in [-0.1, -0.05) is 0 Å². The van der Waals surface area contributed by atoms with E-state index in [0.717, 1.165) is 4.57 Å². The first-order valence-electron chi connectivity index (χ1n) is 4.15. The smallest absolute Gasteiger partial charge is 0.420 e. The highest BCUT2D eigenvalue weighted by Crippen LogP contribution is 2.39. The number of nitrogens with two attached hydrogens (primary N) is 1. The minimum absolute atomic E-state index is 0.503. The van der Waals surface area contributed by atoms with Crippen LogP contribution in [0.2, 0.25) is 0 Å². The number of aromatic nitrogens is 2. The van der Waals surface area contributed by atoms with Crippen molar-refractivity contribution < 1.29 is 14.3 Å². The van der Waals surface area contributed by atoms with Crippen molar-refractivity contribution in [2.24, 2.45) is 5.73 Å². The number of imidazole rings is 1. The lowest BCUT2D eigenvalue weighted by Gasteiger charge is -2.11. The van der Waals surface area contributed by atoms with E-state index < -0.39 is 17.6 Å². The highest BCUT2D eigenvalue weighted by molar-refractivity contribution is 5.89. The molecule has 0 bridgehead atoms. The number of carbonyl (C=O) groups excluding carboxylic acids is 2. The number of amides is 1. The first-order chi connectivity index (χ1) is 6.64. The third kappa shape index (κ3) is 1.34. The number of hydrogen-bond donors (Lipinski definition) is 1. The average molecular weight is 195 g/mol. The summed E-state index contributed by atoms with van der Waals surface area (Å²) in [6, 6.07) is 0. The molecule has 1 amide bonds. The molecule has 1 aromatic rings. The third-order valence-corrected chi connectivity index (χ3v) is 2.15. The Bertz CT molecular complexity index is 367. The Kier molecular flexibility index (Phi) is 1.77. The Balaban J connectivity index is 2.06. The molecule has 0 spiro atoms. The van der Waals surface area contributed by atoms with Gasteiger partial charge in [0.1, 0.15) is 6.33 Å². The summed E-state index contributed by atoms with van der Waals surface area (Å²) in [4.78, 5) is 26.0. The van der Waals surface area contributed by atoms with Crippen LogP contribution >= 0.6 is 0 Å². The minimum Gasteiger partial charge on any atom is -0.432 e. The van der Waals surface area contributed by atoms with Gasteiger partial charge in [-0.15, -0.1) is 0 Å². The molecule has 2 N–H and O–H groups in total. The predicted molar refractivity (Wildman–Crippen MR) is 45.3 cm³/mol. The monoisotopic (exact) mass is 195 g/mol. The van der Waals surface area contributed by atoms with Crippen molar-refractivity contribution in [3.63, 3.8) is 0 Å². The van der Waals surface area contributed by atoms with Crippen molar-refractivity contribution in [2.75, 3.05) is 0 Å². The van der Waals surface area contributed by atoms with E-state index in [9.17, 15) is 9.59 Å². The maximum absolute atomic E-state index is 11.4. The van der Waals surface area contributed by atoms with E-state index in [-0.39, 0.29) is 0 Å². The summed E-state index contributed by atoms with van der Waals surface area (Å²) in [5.74, 6) is -0.592. The molecule has 1 saturated carbocycles. The number of nitrogens with zero attached hydrogens (tertiary/aromatic N) is 2. The molecule has 0 aromatic carbocycles. The second kappa shape index (κ2) is 2.83. The third-order valence-electron chi connectivity index (χ3n) is 2.15. The van der Waals surface area contributed by atoms with Gasteiger partial charge in [0, 0.05) is 25.2 Å². The van der Waals surface area contributed by atoms with Gasteiger partial charge in [0.25, 0.3) is 5.91 Å². The molecule has 2 rings (SSSR count). The van der Waals surface area contributed by atoms with Crippen molar-refractivity contribution in [1.82, 2.24) is 9.55 Å². The number of ether oxygens (including phenoxy) is 1. The van der Waals surface area contributed by atoms with Gasteiger partial charge in [-0.05, 0) is 0 Å². The Labute approximate surface area is 79.7 Å². The molecule has 1 aromatic heterocycles. The van der Waals surface area contributed by atoms with Crippen LogP contribution < -0.4 is 5.73 Å². The number of carbonyl (C=O) groups is 2. The van der Waals surface area contributed by atoms with Crippen LogP contribution in [0.4, 0.5) is 4.79 Å². The van der Waals surface area contributed by atoms with Crippen molar-refractivity contribution in [3.05, 3.63) is 18.7 Å².